The highest BCUT2D eigenvalue weighted by molar-refractivity contribution is 5.98. The molecule has 192 valence electrons. The molecule has 4 aromatic rings. The fraction of sp³-hybridized carbons (Fsp3) is 0.154. The van der Waals surface area contributed by atoms with E-state index in [1.807, 2.05) is 12.1 Å². The summed E-state index contributed by atoms with van der Waals surface area (Å²) in [4.78, 5) is 46.3. The number of amides is 3. The number of carbonyl (C=O) groups excluding carboxylic acids is 3. The highest BCUT2D eigenvalue weighted by Gasteiger charge is 2.27. The van der Waals surface area contributed by atoms with Crippen molar-refractivity contribution in [3.63, 3.8) is 0 Å². The lowest BCUT2D eigenvalue weighted by atomic mass is 10.0. The van der Waals surface area contributed by atoms with Crippen molar-refractivity contribution < 1.29 is 18.8 Å². The monoisotopic (exact) mass is 514 g/mol. The lowest BCUT2D eigenvalue weighted by Gasteiger charge is -2.12. The van der Waals surface area contributed by atoms with Gasteiger partial charge in [-0.15, -0.1) is 0 Å². The SMILES string of the molecule is C=C1NC(=O)C(c2cccc(CNC(=O)c3cc(C(=O)NCc4ccc(F)c(C)c4)nc4ncnn34)c2)N1. The minimum absolute atomic E-state index is 0.0185. The van der Waals surface area contributed by atoms with Crippen LogP contribution in [0.15, 0.2) is 67.3 Å². The number of hydrogen-bond acceptors (Lipinski definition) is 7. The number of aryl methyl sites for hydroxylation is 1. The number of rotatable bonds is 7. The molecule has 0 radical (unpaired) electrons. The standard InChI is InChI=1S/C26H23FN8O3/c1-14-8-17(6-7-19(14)27)12-28-23(36)20-10-21(35-26(34-20)30-13-31-35)24(37)29-11-16-4-3-5-18(9-16)22-25(38)33-15(2)32-22/h3-10,13,22,32H,2,11-12H2,1H3,(H,28,36)(H,29,37)(H,33,38). The summed E-state index contributed by atoms with van der Waals surface area (Å²) in [5, 5.41) is 15.2. The van der Waals surface area contributed by atoms with E-state index in [2.05, 4.69) is 42.9 Å². The van der Waals surface area contributed by atoms with E-state index < -0.39 is 17.9 Å². The second-order valence-electron chi connectivity index (χ2n) is 8.74. The molecule has 0 bridgehead atoms. The summed E-state index contributed by atoms with van der Waals surface area (Å²) in [7, 11) is 0. The smallest absolute Gasteiger partial charge is 0.270 e. The van der Waals surface area contributed by atoms with Gasteiger partial charge >= 0.3 is 0 Å². The van der Waals surface area contributed by atoms with E-state index in [9.17, 15) is 18.8 Å². The third-order valence-corrected chi connectivity index (χ3v) is 5.98. The Labute approximate surface area is 216 Å². The van der Waals surface area contributed by atoms with Gasteiger partial charge in [-0.1, -0.05) is 43.0 Å². The van der Waals surface area contributed by atoms with Crippen LogP contribution < -0.4 is 21.3 Å². The quantitative estimate of drug-likeness (QED) is 0.294. The first kappa shape index (κ1) is 24.6. The van der Waals surface area contributed by atoms with Crippen LogP contribution in [0.4, 0.5) is 4.39 Å². The van der Waals surface area contributed by atoms with Crippen LogP contribution in [0.3, 0.4) is 0 Å². The van der Waals surface area contributed by atoms with Crippen molar-refractivity contribution in [1.29, 1.82) is 0 Å². The van der Waals surface area contributed by atoms with Gasteiger partial charge in [0.25, 0.3) is 23.5 Å². The van der Waals surface area contributed by atoms with E-state index in [0.29, 0.717) is 11.4 Å². The fourth-order valence-electron chi connectivity index (χ4n) is 4.07. The largest absolute Gasteiger partial charge is 0.357 e. The van der Waals surface area contributed by atoms with E-state index in [1.54, 1.807) is 31.2 Å². The Bertz CT molecular complexity index is 1600. The Balaban J connectivity index is 1.30. The van der Waals surface area contributed by atoms with Crippen LogP contribution in [0.1, 0.15) is 49.3 Å². The molecule has 1 saturated heterocycles. The fourth-order valence-corrected chi connectivity index (χ4v) is 4.07. The van der Waals surface area contributed by atoms with Crippen molar-refractivity contribution in [2.45, 2.75) is 26.1 Å². The zero-order valence-electron chi connectivity index (χ0n) is 20.3. The molecule has 1 fully saturated rings. The number of nitrogens with one attached hydrogen (secondary N) is 4. The van der Waals surface area contributed by atoms with Crippen LogP contribution in [0.25, 0.3) is 5.78 Å². The zero-order chi connectivity index (χ0) is 26.8. The molecule has 0 saturated carbocycles. The molecule has 1 atom stereocenters. The molecule has 12 heteroatoms. The first-order chi connectivity index (χ1) is 18.3. The lowest BCUT2D eigenvalue weighted by molar-refractivity contribution is -0.120. The molecule has 0 spiro atoms. The summed E-state index contributed by atoms with van der Waals surface area (Å²) in [5.74, 6) is -1.04. The second kappa shape index (κ2) is 10.1. The molecule has 2 aromatic carbocycles. The number of fused-ring (bicyclic) bond motifs is 1. The van der Waals surface area contributed by atoms with Gasteiger partial charge in [0, 0.05) is 19.2 Å². The van der Waals surface area contributed by atoms with Crippen molar-refractivity contribution in [3.05, 3.63) is 107 Å². The summed E-state index contributed by atoms with van der Waals surface area (Å²) in [6.45, 7) is 5.66. The van der Waals surface area contributed by atoms with Crippen LogP contribution in [-0.4, -0.2) is 37.3 Å². The summed E-state index contributed by atoms with van der Waals surface area (Å²) >= 11 is 0. The first-order valence-corrected chi connectivity index (χ1v) is 11.7. The molecule has 0 aliphatic carbocycles. The molecular formula is C26H23FN8O3. The summed E-state index contributed by atoms with van der Waals surface area (Å²) in [6, 6.07) is 12.6. The first-order valence-electron chi connectivity index (χ1n) is 11.7. The minimum atomic E-state index is -0.562. The van der Waals surface area contributed by atoms with Gasteiger partial charge in [0.15, 0.2) is 0 Å². The van der Waals surface area contributed by atoms with Gasteiger partial charge in [0.2, 0.25) is 0 Å². The van der Waals surface area contributed by atoms with Crippen LogP contribution in [0.2, 0.25) is 0 Å². The predicted molar refractivity (Wildman–Crippen MR) is 134 cm³/mol. The van der Waals surface area contributed by atoms with E-state index in [0.717, 1.165) is 16.7 Å². The number of benzene rings is 2. The molecule has 5 rings (SSSR count). The van der Waals surface area contributed by atoms with Crippen LogP contribution in [0, 0.1) is 12.7 Å². The average molecular weight is 515 g/mol. The van der Waals surface area contributed by atoms with Crippen LogP contribution in [0.5, 0.6) is 0 Å². The number of nitrogens with zero attached hydrogens (tertiary/aromatic N) is 4. The highest BCUT2D eigenvalue weighted by Crippen LogP contribution is 2.20. The van der Waals surface area contributed by atoms with Crippen molar-refractivity contribution in [3.8, 4) is 0 Å². The highest BCUT2D eigenvalue weighted by atomic mass is 19.1. The van der Waals surface area contributed by atoms with Crippen molar-refractivity contribution in [1.82, 2.24) is 40.8 Å². The molecule has 11 nitrogen and oxygen atoms in total. The molecule has 4 N–H and O–H groups in total. The third kappa shape index (κ3) is 5.05. The Kier molecular flexibility index (Phi) is 6.52. The van der Waals surface area contributed by atoms with Gasteiger partial charge in [-0.05, 0) is 35.2 Å². The maximum absolute atomic E-state index is 13.5. The molecule has 3 heterocycles. The van der Waals surface area contributed by atoms with E-state index >= 15 is 0 Å². The zero-order valence-corrected chi connectivity index (χ0v) is 20.3. The molecule has 1 aliphatic heterocycles. The summed E-state index contributed by atoms with van der Waals surface area (Å²) in [6.07, 6.45) is 1.24. The van der Waals surface area contributed by atoms with Crippen molar-refractivity contribution >= 4 is 23.5 Å². The Morgan fingerprint density at radius 1 is 1.08 bits per heavy atom. The Morgan fingerprint density at radius 2 is 1.84 bits per heavy atom. The number of aromatic nitrogens is 4. The van der Waals surface area contributed by atoms with E-state index in [-0.39, 0.29) is 42.0 Å². The molecule has 1 aliphatic rings. The number of halogens is 1. The summed E-state index contributed by atoms with van der Waals surface area (Å²) < 4.78 is 14.8. The molecule has 38 heavy (non-hydrogen) atoms. The van der Waals surface area contributed by atoms with Crippen LogP contribution >= 0.6 is 0 Å². The van der Waals surface area contributed by atoms with E-state index in [1.165, 1.54) is 23.0 Å². The number of carbonyl (C=O) groups is 3. The van der Waals surface area contributed by atoms with Gasteiger partial charge in [-0.2, -0.15) is 14.6 Å². The second-order valence-corrected chi connectivity index (χ2v) is 8.74. The molecule has 1 unspecified atom stereocenters. The molecule has 2 aromatic heterocycles. The van der Waals surface area contributed by atoms with Crippen molar-refractivity contribution in [2.24, 2.45) is 0 Å². The predicted octanol–water partition coefficient (Wildman–Crippen LogP) is 1.66. The Hall–Kier alpha value is -5.13. The van der Waals surface area contributed by atoms with Gasteiger partial charge in [-0.25, -0.2) is 9.37 Å². The molecule has 3 amide bonds. The molecular weight excluding hydrogens is 491 g/mol. The Morgan fingerprint density at radius 3 is 2.58 bits per heavy atom. The summed E-state index contributed by atoms with van der Waals surface area (Å²) in [5.41, 5.74) is 2.73. The minimum Gasteiger partial charge on any atom is -0.357 e. The normalized spacial score (nSPS) is 14.7. The maximum atomic E-state index is 13.5. The number of hydrogen-bond donors (Lipinski definition) is 4. The lowest BCUT2D eigenvalue weighted by Crippen LogP contribution is -2.28. The van der Waals surface area contributed by atoms with Gasteiger partial charge in [-0.3, -0.25) is 14.4 Å². The van der Waals surface area contributed by atoms with Gasteiger partial charge < -0.3 is 21.3 Å². The topological polar surface area (TPSA) is 142 Å². The third-order valence-electron chi connectivity index (χ3n) is 5.98. The van der Waals surface area contributed by atoms with Gasteiger partial charge in [0.1, 0.15) is 29.6 Å². The van der Waals surface area contributed by atoms with Crippen molar-refractivity contribution in [2.75, 3.05) is 0 Å². The van der Waals surface area contributed by atoms with Gasteiger partial charge in [0.05, 0.1) is 5.82 Å². The average Bonchev–Trinajstić information content (AvgIpc) is 3.52. The maximum Gasteiger partial charge on any atom is 0.270 e. The van der Waals surface area contributed by atoms with E-state index in [4.69, 9.17) is 0 Å². The van der Waals surface area contributed by atoms with Crippen LogP contribution in [-0.2, 0) is 17.9 Å².